The number of halogens is 2. The van der Waals surface area contributed by atoms with Crippen LogP contribution in [-0.2, 0) is 13.1 Å². The highest BCUT2D eigenvalue weighted by Gasteiger charge is 2.12. The van der Waals surface area contributed by atoms with E-state index >= 15 is 0 Å². The van der Waals surface area contributed by atoms with Gasteiger partial charge in [0, 0.05) is 22.1 Å². The van der Waals surface area contributed by atoms with Crippen LogP contribution in [0.4, 0.5) is 10.2 Å². The SMILES string of the molecule is Cc1nn(CCO)c(NCc2cc(Br)ccc2F)c1C. The van der Waals surface area contributed by atoms with Crippen LogP contribution < -0.4 is 5.32 Å². The molecule has 0 saturated carbocycles. The minimum Gasteiger partial charge on any atom is -0.394 e. The summed E-state index contributed by atoms with van der Waals surface area (Å²) in [5, 5.41) is 16.6. The molecule has 108 valence electrons. The highest BCUT2D eigenvalue weighted by Crippen LogP contribution is 2.21. The zero-order chi connectivity index (χ0) is 14.7. The van der Waals surface area contributed by atoms with E-state index in [0.29, 0.717) is 18.7 Å². The fourth-order valence-corrected chi connectivity index (χ4v) is 2.42. The number of aryl methyl sites for hydroxylation is 1. The summed E-state index contributed by atoms with van der Waals surface area (Å²) in [6, 6.07) is 4.85. The molecule has 0 bridgehead atoms. The maximum Gasteiger partial charge on any atom is 0.128 e. The zero-order valence-corrected chi connectivity index (χ0v) is 13.0. The van der Waals surface area contributed by atoms with Crippen LogP contribution in [0.25, 0.3) is 0 Å². The normalized spacial score (nSPS) is 10.8. The first kappa shape index (κ1) is 15.0. The molecule has 20 heavy (non-hydrogen) atoms. The van der Waals surface area contributed by atoms with E-state index in [1.54, 1.807) is 16.8 Å². The van der Waals surface area contributed by atoms with Gasteiger partial charge in [0.25, 0.3) is 0 Å². The number of nitrogens with one attached hydrogen (secondary N) is 1. The number of aliphatic hydroxyl groups excluding tert-OH is 1. The van der Waals surface area contributed by atoms with Crippen molar-refractivity contribution < 1.29 is 9.50 Å². The van der Waals surface area contributed by atoms with E-state index in [2.05, 4.69) is 26.3 Å². The molecule has 2 N–H and O–H groups in total. The van der Waals surface area contributed by atoms with Gasteiger partial charge in [-0.05, 0) is 32.0 Å². The van der Waals surface area contributed by atoms with Crippen molar-refractivity contribution in [2.75, 3.05) is 11.9 Å². The quantitative estimate of drug-likeness (QED) is 0.878. The predicted octanol–water partition coefficient (Wildman–Crippen LogP) is 3.01. The summed E-state index contributed by atoms with van der Waals surface area (Å²) in [5.74, 6) is 0.569. The summed E-state index contributed by atoms with van der Waals surface area (Å²) in [5.41, 5.74) is 2.48. The van der Waals surface area contributed by atoms with Gasteiger partial charge >= 0.3 is 0 Å². The molecule has 1 aromatic carbocycles. The summed E-state index contributed by atoms with van der Waals surface area (Å²) in [7, 11) is 0. The number of nitrogens with zero attached hydrogens (tertiary/aromatic N) is 2. The lowest BCUT2D eigenvalue weighted by atomic mass is 10.2. The average Bonchev–Trinajstić information content (AvgIpc) is 2.67. The van der Waals surface area contributed by atoms with Gasteiger partial charge < -0.3 is 10.4 Å². The minimum atomic E-state index is -0.247. The number of benzene rings is 1. The van der Waals surface area contributed by atoms with Gasteiger partial charge in [0.15, 0.2) is 0 Å². The number of hydrogen-bond donors (Lipinski definition) is 2. The van der Waals surface area contributed by atoms with Crippen LogP contribution in [0.5, 0.6) is 0 Å². The van der Waals surface area contributed by atoms with Crippen molar-refractivity contribution >= 4 is 21.7 Å². The number of aliphatic hydroxyl groups is 1. The molecule has 6 heteroatoms. The molecule has 0 aliphatic carbocycles. The van der Waals surface area contributed by atoms with Crippen LogP contribution >= 0.6 is 15.9 Å². The molecule has 0 amide bonds. The standard InChI is InChI=1S/C14H17BrFN3O/c1-9-10(2)18-19(5-6-20)14(9)17-8-11-7-12(15)3-4-13(11)16/h3-4,7,17,20H,5-6,8H2,1-2H3. The third kappa shape index (κ3) is 3.19. The first-order chi connectivity index (χ1) is 9.52. The summed E-state index contributed by atoms with van der Waals surface area (Å²) >= 11 is 3.34. The fourth-order valence-electron chi connectivity index (χ4n) is 2.01. The van der Waals surface area contributed by atoms with Crippen molar-refractivity contribution in [1.29, 1.82) is 0 Å². The molecule has 0 aliphatic rings. The Morgan fingerprint density at radius 3 is 2.85 bits per heavy atom. The molecule has 0 atom stereocenters. The van der Waals surface area contributed by atoms with E-state index in [-0.39, 0.29) is 12.4 Å². The van der Waals surface area contributed by atoms with Crippen molar-refractivity contribution in [1.82, 2.24) is 9.78 Å². The van der Waals surface area contributed by atoms with Gasteiger partial charge in [-0.15, -0.1) is 0 Å². The van der Waals surface area contributed by atoms with Crippen LogP contribution in [0.1, 0.15) is 16.8 Å². The first-order valence-electron chi connectivity index (χ1n) is 6.35. The highest BCUT2D eigenvalue weighted by atomic mass is 79.9. The Bertz CT molecular complexity index is 613. The van der Waals surface area contributed by atoms with Crippen LogP contribution in [-0.4, -0.2) is 21.5 Å². The molecule has 2 rings (SSSR count). The number of rotatable bonds is 5. The largest absolute Gasteiger partial charge is 0.394 e. The molecule has 2 aromatic rings. The Balaban J connectivity index is 2.20. The molecule has 4 nitrogen and oxygen atoms in total. The van der Waals surface area contributed by atoms with Crippen molar-refractivity contribution in [3.8, 4) is 0 Å². The van der Waals surface area contributed by atoms with E-state index in [0.717, 1.165) is 21.5 Å². The molecule has 1 aromatic heterocycles. The van der Waals surface area contributed by atoms with E-state index < -0.39 is 0 Å². The molecule has 0 fully saturated rings. The third-order valence-corrected chi connectivity index (χ3v) is 3.69. The number of anilines is 1. The van der Waals surface area contributed by atoms with Gasteiger partial charge in [0.2, 0.25) is 0 Å². The van der Waals surface area contributed by atoms with Gasteiger partial charge in [-0.2, -0.15) is 5.10 Å². The van der Waals surface area contributed by atoms with Crippen molar-refractivity contribution in [3.05, 3.63) is 45.3 Å². The van der Waals surface area contributed by atoms with Gasteiger partial charge in [-0.1, -0.05) is 15.9 Å². The molecule has 0 saturated heterocycles. The van der Waals surface area contributed by atoms with Crippen LogP contribution in [0.2, 0.25) is 0 Å². The van der Waals surface area contributed by atoms with Crippen molar-refractivity contribution in [2.24, 2.45) is 0 Å². The maximum atomic E-state index is 13.7. The lowest BCUT2D eigenvalue weighted by Gasteiger charge is -2.11. The second-order valence-electron chi connectivity index (χ2n) is 4.60. The Morgan fingerprint density at radius 1 is 1.40 bits per heavy atom. The van der Waals surface area contributed by atoms with Gasteiger partial charge in [0.1, 0.15) is 11.6 Å². The van der Waals surface area contributed by atoms with Gasteiger partial charge in [0.05, 0.1) is 18.8 Å². The Kier molecular flexibility index (Phi) is 4.77. The van der Waals surface area contributed by atoms with Gasteiger partial charge in [-0.25, -0.2) is 9.07 Å². The van der Waals surface area contributed by atoms with Crippen LogP contribution in [0.15, 0.2) is 22.7 Å². The third-order valence-electron chi connectivity index (χ3n) is 3.19. The summed E-state index contributed by atoms with van der Waals surface area (Å²) < 4.78 is 16.3. The summed E-state index contributed by atoms with van der Waals surface area (Å²) in [4.78, 5) is 0. The predicted molar refractivity (Wildman–Crippen MR) is 80.2 cm³/mol. The Morgan fingerprint density at radius 2 is 2.15 bits per heavy atom. The summed E-state index contributed by atoms with van der Waals surface area (Å²) in [6.07, 6.45) is 0. The van der Waals surface area contributed by atoms with Crippen LogP contribution in [0, 0.1) is 19.7 Å². The van der Waals surface area contributed by atoms with Crippen molar-refractivity contribution in [3.63, 3.8) is 0 Å². The van der Waals surface area contributed by atoms with Crippen molar-refractivity contribution in [2.45, 2.75) is 26.9 Å². The van der Waals surface area contributed by atoms with E-state index in [1.807, 2.05) is 13.8 Å². The lowest BCUT2D eigenvalue weighted by molar-refractivity contribution is 0.270. The Labute approximate surface area is 125 Å². The smallest absolute Gasteiger partial charge is 0.128 e. The first-order valence-corrected chi connectivity index (χ1v) is 7.15. The lowest BCUT2D eigenvalue weighted by Crippen LogP contribution is -2.11. The minimum absolute atomic E-state index is 0.0144. The molecule has 1 heterocycles. The summed E-state index contributed by atoms with van der Waals surface area (Å²) in [6.45, 7) is 4.66. The van der Waals surface area contributed by atoms with E-state index in [9.17, 15) is 4.39 Å². The van der Waals surface area contributed by atoms with Gasteiger partial charge in [-0.3, -0.25) is 0 Å². The van der Waals surface area contributed by atoms with Crippen LogP contribution in [0.3, 0.4) is 0 Å². The Hall–Kier alpha value is -1.40. The molecular weight excluding hydrogens is 325 g/mol. The maximum absolute atomic E-state index is 13.7. The molecule has 0 spiro atoms. The van der Waals surface area contributed by atoms with E-state index in [4.69, 9.17) is 5.11 Å². The fraction of sp³-hybridized carbons (Fsp3) is 0.357. The van der Waals surface area contributed by atoms with E-state index in [1.165, 1.54) is 6.07 Å². The average molecular weight is 342 g/mol. The number of hydrogen-bond acceptors (Lipinski definition) is 3. The molecular formula is C14H17BrFN3O. The molecule has 0 radical (unpaired) electrons. The second-order valence-corrected chi connectivity index (χ2v) is 5.51. The number of aromatic nitrogens is 2. The topological polar surface area (TPSA) is 50.1 Å². The monoisotopic (exact) mass is 341 g/mol. The molecule has 0 unspecified atom stereocenters. The zero-order valence-electron chi connectivity index (χ0n) is 11.5. The molecule has 0 aliphatic heterocycles. The highest BCUT2D eigenvalue weighted by molar-refractivity contribution is 9.10. The second kappa shape index (κ2) is 6.37.